The molecule has 19 heavy (non-hydrogen) atoms. The van der Waals surface area contributed by atoms with E-state index in [4.69, 9.17) is 21.9 Å². The average Bonchev–Trinajstić information content (AvgIpc) is 2.38. The Morgan fingerprint density at radius 1 is 0.842 bits per heavy atom. The van der Waals surface area contributed by atoms with Gasteiger partial charge in [0, 0.05) is 12.1 Å². The first-order chi connectivity index (χ1) is 9.06. The summed E-state index contributed by atoms with van der Waals surface area (Å²) in [6.07, 6.45) is 7.59. The fourth-order valence-corrected chi connectivity index (χ4v) is 3.66. The first-order valence-electron chi connectivity index (χ1n) is 7.53. The normalized spacial score (nSPS) is 37.6. The summed E-state index contributed by atoms with van der Waals surface area (Å²) in [5.74, 6) is 0.846. The van der Waals surface area contributed by atoms with Crippen LogP contribution < -0.4 is 17.2 Å². The van der Waals surface area contributed by atoms with Gasteiger partial charge in [0.15, 0.2) is 0 Å². The first kappa shape index (κ1) is 14.6. The molecule has 0 heterocycles. The van der Waals surface area contributed by atoms with Crippen molar-refractivity contribution in [3.05, 3.63) is 0 Å². The van der Waals surface area contributed by atoms with Crippen molar-refractivity contribution < 1.29 is 9.53 Å². The standard InChI is InChI=1S/C14H27N3O2/c15-11-5-1-9(2-6-11)13(19-14(17)18)10-3-7-12(16)8-4-10/h9-13H,1-8,15-16H2,(H2,17,18). The first-order valence-corrected chi connectivity index (χ1v) is 7.53. The molecule has 0 aromatic carbocycles. The Balaban J connectivity index is 1.96. The van der Waals surface area contributed by atoms with E-state index in [1.165, 1.54) is 0 Å². The summed E-state index contributed by atoms with van der Waals surface area (Å²) < 4.78 is 5.46. The van der Waals surface area contributed by atoms with E-state index in [1.54, 1.807) is 0 Å². The molecule has 0 spiro atoms. The van der Waals surface area contributed by atoms with Crippen LogP contribution in [0.3, 0.4) is 0 Å². The number of hydrogen-bond acceptors (Lipinski definition) is 4. The molecule has 0 radical (unpaired) electrons. The topological polar surface area (TPSA) is 104 Å². The van der Waals surface area contributed by atoms with Gasteiger partial charge in [-0.15, -0.1) is 0 Å². The lowest BCUT2D eigenvalue weighted by Gasteiger charge is -2.38. The molecule has 110 valence electrons. The van der Waals surface area contributed by atoms with E-state index < -0.39 is 6.09 Å². The second-order valence-corrected chi connectivity index (χ2v) is 6.25. The quantitative estimate of drug-likeness (QED) is 0.721. The summed E-state index contributed by atoms with van der Waals surface area (Å²) in [6, 6.07) is 0.621. The Labute approximate surface area is 115 Å². The van der Waals surface area contributed by atoms with Crippen molar-refractivity contribution in [1.82, 2.24) is 0 Å². The minimum absolute atomic E-state index is 0.0301. The zero-order valence-electron chi connectivity index (χ0n) is 11.6. The predicted molar refractivity (Wildman–Crippen MR) is 74.3 cm³/mol. The molecule has 2 aliphatic rings. The Bertz CT molecular complexity index is 273. The molecule has 0 aromatic rings. The third-order valence-corrected chi connectivity index (χ3v) is 4.81. The number of amides is 1. The van der Waals surface area contributed by atoms with Crippen LogP contribution in [-0.2, 0) is 4.74 Å². The summed E-state index contributed by atoms with van der Waals surface area (Å²) in [4.78, 5) is 11.2. The number of ether oxygens (including phenoxy) is 1. The molecule has 1 amide bonds. The predicted octanol–water partition coefficient (Wildman–Crippen LogP) is 1.49. The SMILES string of the molecule is NC(=O)OC(C1CCC(N)CC1)C1CCC(N)CC1. The fraction of sp³-hybridized carbons (Fsp3) is 0.929. The molecule has 2 rings (SSSR count). The van der Waals surface area contributed by atoms with E-state index in [0.29, 0.717) is 23.9 Å². The Morgan fingerprint density at radius 3 is 1.53 bits per heavy atom. The van der Waals surface area contributed by atoms with Crippen LogP contribution in [0.1, 0.15) is 51.4 Å². The van der Waals surface area contributed by atoms with Gasteiger partial charge in [-0.2, -0.15) is 0 Å². The molecule has 2 saturated carbocycles. The molecule has 0 saturated heterocycles. The summed E-state index contributed by atoms with van der Waals surface area (Å²) in [5.41, 5.74) is 17.1. The largest absolute Gasteiger partial charge is 0.446 e. The van der Waals surface area contributed by atoms with Gasteiger partial charge in [-0.25, -0.2) is 4.79 Å². The van der Waals surface area contributed by atoms with Crippen molar-refractivity contribution in [2.45, 2.75) is 69.6 Å². The molecule has 0 aromatic heterocycles. The maximum Gasteiger partial charge on any atom is 0.404 e. The lowest BCUT2D eigenvalue weighted by atomic mass is 9.73. The molecule has 5 heteroatoms. The third-order valence-electron chi connectivity index (χ3n) is 4.81. The van der Waals surface area contributed by atoms with Gasteiger partial charge in [-0.3, -0.25) is 0 Å². The molecular weight excluding hydrogens is 242 g/mol. The van der Waals surface area contributed by atoms with Gasteiger partial charge >= 0.3 is 6.09 Å². The molecule has 2 aliphatic carbocycles. The molecule has 0 atom stereocenters. The van der Waals surface area contributed by atoms with Crippen LogP contribution in [0.4, 0.5) is 4.79 Å². The lowest BCUT2D eigenvalue weighted by Crippen LogP contribution is -2.42. The van der Waals surface area contributed by atoms with Crippen molar-refractivity contribution >= 4 is 6.09 Å². The number of hydrogen-bond donors (Lipinski definition) is 3. The zero-order valence-corrected chi connectivity index (χ0v) is 11.6. The van der Waals surface area contributed by atoms with Gasteiger partial charge in [0.1, 0.15) is 6.10 Å². The summed E-state index contributed by atoms with van der Waals surface area (Å²) in [5, 5.41) is 0. The number of nitrogens with two attached hydrogens (primary N) is 3. The number of carbonyl (C=O) groups is 1. The number of carbonyl (C=O) groups excluding carboxylic acids is 1. The molecular formula is C14H27N3O2. The fourth-order valence-electron chi connectivity index (χ4n) is 3.66. The molecule has 0 bridgehead atoms. The molecule has 6 N–H and O–H groups in total. The Morgan fingerprint density at radius 2 is 1.21 bits per heavy atom. The van der Waals surface area contributed by atoms with Gasteiger partial charge in [-0.05, 0) is 63.2 Å². The van der Waals surface area contributed by atoms with Crippen molar-refractivity contribution in [2.24, 2.45) is 29.0 Å². The van der Waals surface area contributed by atoms with E-state index in [9.17, 15) is 4.79 Å². The van der Waals surface area contributed by atoms with Crippen molar-refractivity contribution in [3.8, 4) is 0 Å². The lowest BCUT2D eigenvalue weighted by molar-refractivity contribution is 0.000207. The van der Waals surface area contributed by atoms with E-state index in [1.807, 2.05) is 0 Å². The van der Waals surface area contributed by atoms with Crippen LogP contribution in [0, 0.1) is 11.8 Å². The minimum Gasteiger partial charge on any atom is -0.446 e. The second-order valence-electron chi connectivity index (χ2n) is 6.25. The number of primary amides is 1. The van der Waals surface area contributed by atoms with Crippen molar-refractivity contribution in [1.29, 1.82) is 0 Å². The van der Waals surface area contributed by atoms with Crippen LogP contribution in [0.2, 0.25) is 0 Å². The van der Waals surface area contributed by atoms with E-state index in [-0.39, 0.29) is 6.10 Å². The van der Waals surface area contributed by atoms with Crippen molar-refractivity contribution in [2.75, 3.05) is 0 Å². The van der Waals surface area contributed by atoms with E-state index in [2.05, 4.69) is 0 Å². The summed E-state index contributed by atoms with van der Waals surface area (Å²) in [6.45, 7) is 0. The van der Waals surface area contributed by atoms with Gasteiger partial charge in [0.2, 0.25) is 0 Å². The maximum absolute atomic E-state index is 11.2. The molecule has 2 fully saturated rings. The highest BCUT2D eigenvalue weighted by atomic mass is 16.6. The summed E-state index contributed by atoms with van der Waals surface area (Å²) in [7, 11) is 0. The minimum atomic E-state index is -0.644. The Hall–Kier alpha value is -0.810. The van der Waals surface area contributed by atoms with Crippen LogP contribution in [0.15, 0.2) is 0 Å². The zero-order chi connectivity index (χ0) is 13.8. The van der Waals surface area contributed by atoms with Gasteiger partial charge < -0.3 is 21.9 Å². The highest BCUT2D eigenvalue weighted by Gasteiger charge is 2.36. The van der Waals surface area contributed by atoms with Gasteiger partial charge in [0.25, 0.3) is 0 Å². The van der Waals surface area contributed by atoms with E-state index in [0.717, 1.165) is 51.4 Å². The molecule has 0 unspecified atom stereocenters. The smallest absolute Gasteiger partial charge is 0.404 e. The Kier molecular flexibility index (Phi) is 5.05. The van der Waals surface area contributed by atoms with Crippen LogP contribution >= 0.6 is 0 Å². The highest BCUT2D eigenvalue weighted by molar-refractivity contribution is 5.64. The summed E-state index contributed by atoms with van der Waals surface area (Å²) >= 11 is 0. The van der Waals surface area contributed by atoms with Crippen LogP contribution in [0.25, 0.3) is 0 Å². The monoisotopic (exact) mass is 269 g/mol. The second kappa shape index (κ2) is 6.57. The van der Waals surface area contributed by atoms with Crippen LogP contribution in [0.5, 0.6) is 0 Å². The van der Waals surface area contributed by atoms with Crippen LogP contribution in [-0.4, -0.2) is 24.3 Å². The third kappa shape index (κ3) is 4.08. The van der Waals surface area contributed by atoms with Gasteiger partial charge in [0.05, 0.1) is 0 Å². The number of rotatable bonds is 3. The average molecular weight is 269 g/mol. The highest BCUT2D eigenvalue weighted by Crippen LogP contribution is 2.36. The van der Waals surface area contributed by atoms with Crippen molar-refractivity contribution in [3.63, 3.8) is 0 Å². The molecule has 5 nitrogen and oxygen atoms in total. The maximum atomic E-state index is 11.2. The van der Waals surface area contributed by atoms with Gasteiger partial charge in [-0.1, -0.05) is 0 Å². The van der Waals surface area contributed by atoms with E-state index >= 15 is 0 Å². The molecule has 0 aliphatic heterocycles.